The number of methoxy groups -OCH3 is 4. The second-order valence-corrected chi connectivity index (χ2v) is 33.0. The maximum absolute atomic E-state index is 12.4. The summed E-state index contributed by atoms with van der Waals surface area (Å²) in [5, 5.41) is 22.5. The summed E-state index contributed by atoms with van der Waals surface area (Å²) in [6.45, 7) is 11.7. The highest BCUT2D eigenvalue weighted by Gasteiger charge is 2.45. The van der Waals surface area contributed by atoms with Gasteiger partial charge in [0.2, 0.25) is 11.8 Å². The van der Waals surface area contributed by atoms with Gasteiger partial charge in [-0.15, -0.1) is 0 Å². The number of ether oxygens (including phenoxy) is 7. The van der Waals surface area contributed by atoms with Gasteiger partial charge in [0, 0.05) is 171 Å². The molecule has 4 fully saturated rings. The van der Waals surface area contributed by atoms with E-state index in [1.54, 1.807) is 86.5 Å². The van der Waals surface area contributed by atoms with Gasteiger partial charge in [0.25, 0.3) is 15.7 Å². The van der Waals surface area contributed by atoms with Crippen LogP contribution in [0.5, 0.6) is 46.0 Å². The number of fused-ring (bicyclic) bond motifs is 12. The number of hydrogen-bond donors (Lipinski definition) is 6. The number of aromatic amines is 1. The summed E-state index contributed by atoms with van der Waals surface area (Å²) in [4.78, 5) is 111. The van der Waals surface area contributed by atoms with Crippen LogP contribution >= 0.6 is 19.7 Å². The number of phenolic OH excluding ortho intramolecular Hbond substituents is 1. The van der Waals surface area contributed by atoms with Crippen LogP contribution < -0.4 is 60.4 Å². The second kappa shape index (κ2) is 42.8. The second-order valence-electron chi connectivity index (χ2n) is 31.4. The van der Waals surface area contributed by atoms with E-state index in [4.69, 9.17) is 44.4 Å². The Morgan fingerprint density at radius 2 is 0.846 bits per heavy atom. The van der Waals surface area contributed by atoms with E-state index in [2.05, 4.69) is 98.8 Å². The summed E-state index contributed by atoms with van der Waals surface area (Å²) in [7, 11) is 4.54. The monoisotopic (exact) mass is 1890 g/mol. The molecule has 0 radical (unpaired) electrons. The number of aromatic nitrogens is 16. The van der Waals surface area contributed by atoms with Crippen molar-refractivity contribution in [1.82, 2.24) is 87.2 Å². The zero-order valence-electron chi connectivity index (χ0n) is 75.6. The first-order chi connectivity index (χ1) is 65.9. The molecular formula is C95H95N22O16P2S-3. The minimum atomic E-state index is -3.76. The Bertz CT molecular complexity index is 7450. The van der Waals surface area contributed by atoms with Crippen molar-refractivity contribution in [1.29, 1.82) is 1.28 Å². The number of carbonyl (C=O) groups excluding carboxylic acids is 4. The number of nitrogens with one attached hydrogen (secondary N) is 4. The van der Waals surface area contributed by atoms with Gasteiger partial charge in [0.05, 0.1) is 90.3 Å². The minimum Gasteiger partial charge on any atom is -1.51 e. The lowest BCUT2D eigenvalue weighted by atomic mass is 9.99. The Morgan fingerprint density at radius 3 is 1.26 bits per heavy atom. The molecule has 21 rings (SSSR count). The van der Waals surface area contributed by atoms with Gasteiger partial charge in [-0.25, -0.2) is 56.1 Å². The standard InChI is InChI=1S/C26H26N6O3.C18H15N5O3.C17H21NO4S.C16H13N5O2.C11H10N2O4.C7H7N3.H2P.HP/c1-3-25(33)32-17-5-6-18(32)11-19(10-17)35-23-12-20-21(13-22(23)34-2)28-15-29-26(20)30-16-4-7-24-27-8-9-31(24)14-16;1-11(24)26-16-7-13-14(8-15(16)25-2)20-10-21-18(13)22-12-3-4-17-19-5-6-23(17)9-12;1-3-17(19)18-13-6-7-14(18)11-15(10-13)22-23(20,21)16-8-4-12(2)5-9-16;1-23-14-7-12-11(6-13(14)22)16(19-9-18-12)20-10-2-3-15-17-4-5-21(15)8-10;1-6(14)17-10-3-7-8(4-9(10)16-2)12-5-13-11(7)15;8-6-1-2-7-9-3-4-10(7)5-6;;/h3-4,7-9,12-15,17-19H,1,5-6,10-11H2,2H3,(H,28,29,30);3-10H,1-2H3,(H,20,21,22);3-5,8-9,13-15H,1,6-7,10-11H2,2H3;2-9,22H,1H3,(H,18,19,20);3-5H,1-2H3,(H,12,13,15);1-5H,8H2;1H2;1H/q;;;;;;-1;-2/t17-,18+,19?;;13-,14+,15?;;;;;/i;;;;;;1D;. The lowest BCUT2D eigenvalue weighted by Gasteiger charge is -2.38. The smallest absolute Gasteiger partial charge is 0.308 e. The summed E-state index contributed by atoms with van der Waals surface area (Å²) in [6, 6.07) is 35.8. The largest absolute Gasteiger partial charge is 1.51 e. The molecule has 4 saturated heterocycles. The molecule has 136 heavy (non-hydrogen) atoms. The maximum atomic E-state index is 12.4. The number of benzene rings is 5. The van der Waals surface area contributed by atoms with E-state index < -0.39 is 22.1 Å². The third kappa shape index (κ3) is 22.1. The third-order valence-corrected chi connectivity index (χ3v) is 24.1. The lowest BCUT2D eigenvalue weighted by Crippen LogP contribution is -2.48. The molecule has 0 spiro atoms. The fourth-order valence-corrected chi connectivity index (χ4v) is 17.7. The summed E-state index contributed by atoms with van der Waals surface area (Å²) < 4.78 is 81.2. The molecule has 4 aliphatic rings. The van der Waals surface area contributed by atoms with E-state index in [9.17, 15) is 37.5 Å². The van der Waals surface area contributed by atoms with Crippen molar-refractivity contribution in [3.63, 3.8) is 0 Å². The number of anilines is 7. The van der Waals surface area contributed by atoms with E-state index in [-0.39, 0.29) is 80.0 Å². The molecule has 7 N–H and O–H groups in total. The average Bonchev–Trinajstić information content (AvgIpc) is 1.75. The number of amides is 2. The van der Waals surface area contributed by atoms with Gasteiger partial charge in [0.1, 0.15) is 65.1 Å². The number of phenols is 1. The number of piperidine rings is 2. The van der Waals surface area contributed by atoms with E-state index in [1.165, 1.54) is 78.7 Å². The van der Waals surface area contributed by atoms with Crippen LogP contribution in [0.1, 0.15) is 70.8 Å². The molecule has 6 atom stereocenters. The van der Waals surface area contributed by atoms with Crippen LogP contribution in [0, 0.1) is 6.92 Å². The number of aryl methyl sites for hydroxylation is 1. The molecule has 4 bridgehead atoms. The Morgan fingerprint density at radius 1 is 0.478 bits per heavy atom. The van der Waals surface area contributed by atoms with Gasteiger partial charge in [-0.1, -0.05) is 30.9 Å². The fraction of sp³-hybridized carbons (Fsp3) is 0.221. The number of aromatic hydroxyl groups is 1. The fourth-order valence-electron chi connectivity index (χ4n) is 16.6. The highest BCUT2D eigenvalue weighted by molar-refractivity contribution is 7.86. The number of nitrogens with two attached hydrogens (primary N) is 1. The Balaban J connectivity index is 0.000000134. The zero-order chi connectivity index (χ0) is 95.8. The highest BCUT2D eigenvalue weighted by Crippen LogP contribution is 2.44. The normalized spacial score (nSPS) is 16.1. The molecule has 4 aliphatic heterocycles. The summed E-state index contributed by atoms with van der Waals surface area (Å²) in [5.41, 5.74) is 15.6. The number of nitrogen functional groups attached to an aromatic ring is 1. The van der Waals surface area contributed by atoms with Crippen molar-refractivity contribution < 1.29 is 70.0 Å². The summed E-state index contributed by atoms with van der Waals surface area (Å²) in [6.07, 6.45) is 36.7. The van der Waals surface area contributed by atoms with Crippen LogP contribution in [0.2, 0.25) is 0 Å². The molecule has 17 aromatic rings. The van der Waals surface area contributed by atoms with Crippen LogP contribution in [-0.2, 0) is 33.5 Å². The van der Waals surface area contributed by atoms with Crippen molar-refractivity contribution in [3.05, 3.63) is 262 Å². The molecule has 12 aromatic heterocycles. The predicted molar refractivity (Wildman–Crippen MR) is 518 cm³/mol. The number of carbonyl (C=O) groups is 4. The minimum absolute atomic E-state index is 0. The summed E-state index contributed by atoms with van der Waals surface area (Å²) >= 11 is 0. The quantitative estimate of drug-likeness (QED) is 0.0144. The van der Waals surface area contributed by atoms with Gasteiger partial charge in [-0.2, -0.15) is 8.42 Å². The molecule has 0 aliphatic carbocycles. The van der Waals surface area contributed by atoms with Crippen molar-refractivity contribution in [3.8, 4) is 46.0 Å². The number of hydrogen-bond acceptors (Lipinski definition) is 31. The molecule has 41 heteroatoms. The van der Waals surface area contributed by atoms with Gasteiger partial charge in [-0.3, -0.25) is 28.2 Å². The molecule has 700 valence electrons. The van der Waals surface area contributed by atoms with Crippen LogP contribution in [0.15, 0.2) is 256 Å². The van der Waals surface area contributed by atoms with Gasteiger partial charge >= 0.3 is 11.9 Å². The molecule has 5 aromatic carbocycles. The highest BCUT2D eigenvalue weighted by atomic mass is 32.2. The zero-order valence-corrected chi connectivity index (χ0v) is 77.5. The van der Waals surface area contributed by atoms with E-state index in [1.807, 2.05) is 145 Å². The average molecular weight is 1900 g/mol. The maximum Gasteiger partial charge on any atom is 0.308 e. The van der Waals surface area contributed by atoms with Gasteiger partial charge < -0.3 is 112 Å². The Labute approximate surface area is 786 Å². The van der Waals surface area contributed by atoms with Crippen LogP contribution in [0.3, 0.4) is 0 Å². The van der Waals surface area contributed by atoms with Crippen LogP contribution in [0.25, 0.3) is 66.2 Å². The van der Waals surface area contributed by atoms with Crippen molar-refractivity contribution in [2.24, 2.45) is 0 Å². The van der Waals surface area contributed by atoms with Crippen molar-refractivity contribution in [2.75, 3.05) is 50.1 Å². The van der Waals surface area contributed by atoms with E-state index in [0.717, 1.165) is 100 Å². The first kappa shape index (κ1) is 94.8. The van der Waals surface area contributed by atoms with Gasteiger partial charge in [-0.05, 0) is 143 Å². The molecule has 2 amide bonds. The molecule has 16 heterocycles. The Hall–Kier alpha value is -15.9. The number of nitrogens with zero attached hydrogens (tertiary/aromatic N) is 17. The number of imidazole rings is 4. The van der Waals surface area contributed by atoms with Gasteiger partial charge in [0.15, 0.2) is 46.0 Å². The van der Waals surface area contributed by atoms with Crippen LogP contribution in [-0.4, -0.2) is 191 Å². The predicted octanol–water partition coefficient (Wildman–Crippen LogP) is 14.9. The van der Waals surface area contributed by atoms with Crippen molar-refractivity contribution in [2.45, 2.75) is 113 Å². The van der Waals surface area contributed by atoms with E-state index in [0.29, 0.717) is 97.5 Å². The Kier molecular flexibility index (Phi) is 29.8. The SMILES string of the molecule is C=CC(=O)N1[C@@H]2CC[C@H]1CC(OS(=O)(=O)c1ccc(C)cc1)C2.C=CC(=O)N1[C@@H]2CC[C@H]1CC(Oc1cc3c(Nc4ccc5nccn5c4)ncnc3cc1OC)C2.COc1cc2nc[nH]c(=O)c2cc1OC(C)=O.COc1cc2ncnc(Nc3ccc4nccn4c3)c2cc1O.COc1cc2ncnc(Nc3ccc4nccn4c3)c2cc1OC(C)=O.Nc1ccc2nccn2c1.[2H][PH-].[PH-2]. The lowest BCUT2D eigenvalue weighted by molar-refractivity contribution is -0.132. The molecule has 0 saturated carbocycles. The molecular weight excluding hydrogens is 1800 g/mol. The van der Waals surface area contributed by atoms with E-state index >= 15 is 0 Å². The number of esters is 2. The number of H-pyrrole nitrogens is 1. The molecule has 38 nitrogen and oxygen atoms in total. The third-order valence-electron chi connectivity index (χ3n) is 22.7. The number of pyridine rings is 4. The van der Waals surface area contributed by atoms with Crippen LogP contribution in [0.4, 0.5) is 40.2 Å². The summed E-state index contributed by atoms with van der Waals surface area (Å²) in [5.74, 6) is 3.89. The van der Waals surface area contributed by atoms with Crippen molar-refractivity contribution >= 4 is 160 Å². The molecule has 2 unspecified atom stereocenters. The first-order valence-corrected chi connectivity index (χ1v) is 43.7. The number of rotatable bonds is 19. The first-order valence-electron chi connectivity index (χ1n) is 42.8. The topological polar surface area (TPSA) is 457 Å².